The van der Waals surface area contributed by atoms with Gasteiger partial charge in [0.2, 0.25) is 0 Å². The lowest BCUT2D eigenvalue weighted by Crippen LogP contribution is -2.68. The summed E-state index contributed by atoms with van der Waals surface area (Å²) in [6.07, 6.45) is 0.699. The Labute approximate surface area is 239 Å². The van der Waals surface area contributed by atoms with Crippen molar-refractivity contribution in [3.8, 4) is 40.6 Å². The molecule has 3 aliphatic heterocycles. The van der Waals surface area contributed by atoms with E-state index in [1.807, 2.05) is 18.9 Å². The number of piperazine rings is 1. The largest absolute Gasteiger partial charge is 0.504 e. The number of phenols is 2. The smallest absolute Gasteiger partial charge is 0.328 e. The molecule has 0 radical (unpaired) electrons. The standard InChI is InChI=1S/C30H37N3O8/c1-9-41-30(36)23-21-16(27(38-6)14(3)29(40-8)25(21)35)11-18-22-20-15(10-17(32(22)4)19(12-31)33(18)23)26(37-5)13(2)28(39-7)24(20)34/h17-19,22-23,34-35H,9-11H2,1-8H3/t17-,18-,19-,22-,23+/m0/s1. The van der Waals surface area contributed by atoms with Gasteiger partial charge >= 0.3 is 5.97 Å². The van der Waals surface area contributed by atoms with E-state index in [0.717, 1.165) is 5.56 Å². The van der Waals surface area contributed by atoms with E-state index in [4.69, 9.17) is 23.7 Å². The molecule has 0 unspecified atom stereocenters. The van der Waals surface area contributed by atoms with Gasteiger partial charge in [-0.05, 0) is 40.7 Å². The van der Waals surface area contributed by atoms with Crippen LogP contribution in [0.2, 0.25) is 0 Å². The molecule has 3 aliphatic rings. The Kier molecular flexibility index (Phi) is 7.34. The normalized spacial score (nSPS) is 24.8. The molecule has 2 bridgehead atoms. The number of fused-ring (bicyclic) bond motifs is 7. The van der Waals surface area contributed by atoms with E-state index in [1.165, 1.54) is 21.3 Å². The maximum Gasteiger partial charge on any atom is 0.328 e. The molecule has 0 spiro atoms. The summed E-state index contributed by atoms with van der Waals surface area (Å²) >= 11 is 0. The van der Waals surface area contributed by atoms with Gasteiger partial charge in [-0.25, -0.2) is 4.79 Å². The van der Waals surface area contributed by atoms with Crippen molar-refractivity contribution in [1.29, 1.82) is 5.26 Å². The van der Waals surface area contributed by atoms with Gasteiger partial charge in [0.15, 0.2) is 23.0 Å². The van der Waals surface area contributed by atoms with Crippen molar-refractivity contribution < 1.29 is 38.7 Å². The van der Waals surface area contributed by atoms with Crippen LogP contribution in [0, 0.1) is 25.2 Å². The fraction of sp³-hybridized carbons (Fsp3) is 0.533. The quantitative estimate of drug-likeness (QED) is 0.499. The second-order valence-electron chi connectivity index (χ2n) is 10.7. The van der Waals surface area contributed by atoms with Crippen LogP contribution in [0.1, 0.15) is 52.4 Å². The number of methoxy groups -OCH3 is 4. The van der Waals surface area contributed by atoms with Crippen molar-refractivity contribution in [3.05, 3.63) is 33.4 Å². The molecule has 0 aliphatic carbocycles. The van der Waals surface area contributed by atoms with Gasteiger partial charge in [0.1, 0.15) is 23.6 Å². The highest BCUT2D eigenvalue weighted by atomic mass is 16.5. The number of hydrogen-bond acceptors (Lipinski definition) is 11. The van der Waals surface area contributed by atoms with Gasteiger partial charge in [0.05, 0.1) is 47.2 Å². The zero-order chi connectivity index (χ0) is 29.9. The molecular weight excluding hydrogens is 530 g/mol. The lowest BCUT2D eigenvalue weighted by Gasteiger charge is -2.59. The van der Waals surface area contributed by atoms with Gasteiger partial charge in [0.25, 0.3) is 0 Å². The Morgan fingerprint density at radius 1 is 0.878 bits per heavy atom. The molecule has 220 valence electrons. The van der Waals surface area contributed by atoms with Gasteiger partial charge in [0, 0.05) is 45.5 Å². The summed E-state index contributed by atoms with van der Waals surface area (Å²) in [5, 5.41) is 33.8. The number of rotatable bonds is 6. The van der Waals surface area contributed by atoms with Crippen LogP contribution in [0.3, 0.4) is 0 Å². The minimum absolute atomic E-state index is 0.00524. The van der Waals surface area contributed by atoms with Crippen molar-refractivity contribution in [2.75, 3.05) is 42.1 Å². The predicted octanol–water partition coefficient (Wildman–Crippen LogP) is 3.08. The number of aromatic hydroxyl groups is 2. The van der Waals surface area contributed by atoms with Crippen molar-refractivity contribution >= 4 is 5.97 Å². The lowest BCUT2D eigenvalue weighted by atomic mass is 9.71. The van der Waals surface area contributed by atoms with Gasteiger partial charge in [-0.2, -0.15) is 5.26 Å². The third kappa shape index (κ3) is 3.81. The zero-order valence-corrected chi connectivity index (χ0v) is 24.7. The van der Waals surface area contributed by atoms with Gasteiger partial charge in [-0.15, -0.1) is 0 Å². The van der Waals surface area contributed by atoms with Crippen molar-refractivity contribution in [2.45, 2.75) is 63.8 Å². The number of esters is 1. The number of nitriles is 1. The van der Waals surface area contributed by atoms with E-state index in [9.17, 15) is 20.3 Å². The molecule has 0 amide bonds. The highest BCUT2D eigenvalue weighted by molar-refractivity contribution is 5.82. The first-order valence-corrected chi connectivity index (χ1v) is 13.6. The molecule has 11 heteroatoms. The third-order valence-corrected chi connectivity index (χ3v) is 9.05. The molecule has 0 saturated carbocycles. The predicted molar refractivity (Wildman–Crippen MR) is 148 cm³/mol. The molecule has 5 atom stereocenters. The number of carbonyl (C=O) groups excluding carboxylic acids is 1. The minimum Gasteiger partial charge on any atom is -0.504 e. The summed E-state index contributed by atoms with van der Waals surface area (Å²) in [5.41, 5.74) is 3.65. The number of hydrogen-bond donors (Lipinski definition) is 2. The van der Waals surface area contributed by atoms with Crippen LogP contribution in [-0.2, 0) is 22.4 Å². The lowest BCUT2D eigenvalue weighted by molar-refractivity contribution is -0.159. The number of nitrogens with zero attached hydrogens (tertiary/aromatic N) is 3. The van der Waals surface area contributed by atoms with E-state index in [-0.39, 0.29) is 29.9 Å². The maximum atomic E-state index is 13.8. The van der Waals surface area contributed by atoms with Crippen LogP contribution in [0.25, 0.3) is 0 Å². The first-order chi connectivity index (χ1) is 19.6. The Morgan fingerprint density at radius 3 is 1.85 bits per heavy atom. The molecule has 3 heterocycles. The topological polar surface area (TPSA) is 134 Å². The molecule has 1 saturated heterocycles. The number of likely N-dealkylation sites (N-methyl/N-ethyl adjacent to an activating group) is 1. The average Bonchev–Trinajstić information content (AvgIpc) is 2.94. The molecule has 1 fully saturated rings. The molecule has 2 aromatic rings. The van der Waals surface area contributed by atoms with Gasteiger partial charge in [-0.3, -0.25) is 9.80 Å². The molecule has 2 N–H and O–H groups in total. The highest BCUT2D eigenvalue weighted by Gasteiger charge is 2.58. The first kappa shape index (κ1) is 28.6. The van der Waals surface area contributed by atoms with Crippen molar-refractivity contribution in [1.82, 2.24) is 9.80 Å². The van der Waals surface area contributed by atoms with Crippen LogP contribution >= 0.6 is 0 Å². The second-order valence-corrected chi connectivity index (χ2v) is 10.7. The summed E-state index contributed by atoms with van der Waals surface area (Å²) < 4.78 is 28.4. The van der Waals surface area contributed by atoms with Crippen LogP contribution in [0.5, 0.6) is 34.5 Å². The summed E-state index contributed by atoms with van der Waals surface area (Å²) in [7, 11) is 7.99. The Balaban J connectivity index is 1.86. The number of ether oxygens (including phenoxy) is 5. The molecule has 41 heavy (non-hydrogen) atoms. The molecule has 11 nitrogen and oxygen atoms in total. The molecule has 2 aromatic carbocycles. The monoisotopic (exact) mass is 567 g/mol. The summed E-state index contributed by atoms with van der Waals surface area (Å²) in [6, 6.07) is -0.731. The Bertz CT molecular complexity index is 1450. The summed E-state index contributed by atoms with van der Waals surface area (Å²) in [6.45, 7) is 5.44. The molecular formula is C30H37N3O8. The van der Waals surface area contributed by atoms with Crippen LogP contribution in [0.4, 0.5) is 0 Å². The number of phenolic OH excluding ortho intramolecular Hbond substituents is 2. The SMILES string of the molecule is CCOC(=O)[C@H]1c2c(O)c(OC)c(C)c(OC)c2C[C@H]2[C@H]3c4c(O)c(OC)c(C)c(OC)c4C[C@@H]([C@H](C#N)N12)N3C. The number of benzene rings is 2. The first-order valence-electron chi connectivity index (χ1n) is 13.6. The van der Waals surface area contributed by atoms with E-state index in [2.05, 4.69) is 11.0 Å². The van der Waals surface area contributed by atoms with E-state index >= 15 is 0 Å². The Hall–Kier alpha value is -3.88. The molecule has 0 aromatic heterocycles. The van der Waals surface area contributed by atoms with Crippen LogP contribution in [0.15, 0.2) is 0 Å². The van der Waals surface area contributed by atoms with Gasteiger partial charge < -0.3 is 33.9 Å². The highest BCUT2D eigenvalue weighted by Crippen LogP contribution is 2.59. The van der Waals surface area contributed by atoms with E-state index in [1.54, 1.807) is 21.0 Å². The molecule has 5 rings (SSSR count). The zero-order valence-electron chi connectivity index (χ0n) is 24.7. The van der Waals surface area contributed by atoms with Crippen molar-refractivity contribution in [2.24, 2.45) is 0 Å². The van der Waals surface area contributed by atoms with Gasteiger partial charge in [-0.1, -0.05) is 0 Å². The maximum absolute atomic E-state index is 13.8. The van der Waals surface area contributed by atoms with Crippen molar-refractivity contribution in [3.63, 3.8) is 0 Å². The van der Waals surface area contributed by atoms with Crippen LogP contribution in [-0.4, -0.2) is 86.2 Å². The fourth-order valence-electron chi connectivity index (χ4n) is 7.53. The van der Waals surface area contributed by atoms with E-state index < -0.39 is 30.1 Å². The fourth-order valence-corrected chi connectivity index (χ4v) is 7.53. The third-order valence-electron chi connectivity index (χ3n) is 9.05. The summed E-state index contributed by atoms with van der Waals surface area (Å²) in [4.78, 5) is 17.8. The Morgan fingerprint density at radius 2 is 1.37 bits per heavy atom. The number of carbonyl (C=O) groups is 1. The second kappa shape index (κ2) is 10.5. The average molecular weight is 568 g/mol. The van der Waals surface area contributed by atoms with Crippen LogP contribution < -0.4 is 18.9 Å². The van der Waals surface area contributed by atoms with E-state index in [0.29, 0.717) is 57.9 Å². The summed E-state index contributed by atoms with van der Waals surface area (Å²) in [5.74, 6) is 0.844. The minimum atomic E-state index is -1.12.